The summed E-state index contributed by atoms with van der Waals surface area (Å²) in [5.74, 6) is 0.798. The molecule has 4 heterocycles. The first kappa shape index (κ1) is 18.6. The maximum Gasteiger partial charge on any atom is 0.259 e. The molecule has 8 heteroatoms. The SMILES string of the molecule is O=c1[nH]c(CN2CCN(Cc3nc4ccccc4s3)CC2)nc2sc3c(c12)CCC3. The first-order valence-corrected chi connectivity index (χ1v) is 12.2. The molecule has 0 unspecified atom stereocenters. The summed E-state index contributed by atoms with van der Waals surface area (Å²) in [6.07, 6.45) is 3.29. The van der Waals surface area contributed by atoms with Crippen molar-refractivity contribution < 1.29 is 0 Å². The van der Waals surface area contributed by atoms with Gasteiger partial charge in [-0.15, -0.1) is 22.7 Å². The summed E-state index contributed by atoms with van der Waals surface area (Å²) in [6.45, 7) is 5.60. The van der Waals surface area contributed by atoms with Crippen LogP contribution >= 0.6 is 22.7 Å². The third-order valence-corrected chi connectivity index (χ3v) is 8.37. The van der Waals surface area contributed by atoms with Gasteiger partial charge in [0.1, 0.15) is 15.7 Å². The molecular weight excluding hydrogens is 414 g/mol. The number of nitrogens with zero attached hydrogens (tertiary/aromatic N) is 4. The van der Waals surface area contributed by atoms with Crippen LogP contribution in [0.25, 0.3) is 20.4 Å². The minimum atomic E-state index is 0.0453. The molecule has 1 N–H and O–H groups in total. The number of aromatic amines is 1. The Morgan fingerprint density at radius 3 is 2.60 bits per heavy atom. The van der Waals surface area contributed by atoms with Crippen LogP contribution < -0.4 is 5.56 Å². The number of piperazine rings is 1. The van der Waals surface area contributed by atoms with Crippen molar-refractivity contribution in [3.8, 4) is 0 Å². The maximum atomic E-state index is 12.7. The number of hydrogen-bond donors (Lipinski definition) is 1. The first-order chi connectivity index (χ1) is 14.7. The van der Waals surface area contributed by atoms with Gasteiger partial charge in [-0.3, -0.25) is 14.6 Å². The first-order valence-electron chi connectivity index (χ1n) is 10.6. The van der Waals surface area contributed by atoms with Gasteiger partial charge in [-0.25, -0.2) is 9.97 Å². The smallest absolute Gasteiger partial charge is 0.259 e. The van der Waals surface area contributed by atoms with Gasteiger partial charge in [0.05, 0.1) is 28.7 Å². The van der Waals surface area contributed by atoms with Crippen LogP contribution in [0.2, 0.25) is 0 Å². The summed E-state index contributed by atoms with van der Waals surface area (Å²) in [4.78, 5) is 32.4. The molecule has 1 aliphatic heterocycles. The number of aromatic nitrogens is 3. The van der Waals surface area contributed by atoms with Crippen LogP contribution in [-0.2, 0) is 25.9 Å². The van der Waals surface area contributed by atoms with Crippen molar-refractivity contribution in [3.05, 3.63) is 55.9 Å². The molecule has 154 valence electrons. The van der Waals surface area contributed by atoms with Gasteiger partial charge in [0.2, 0.25) is 0 Å². The standard InChI is InChI=1S/C22H23N5OS2/c28-21-20-14-4-3-7-16(14)30-22(20)25-18(24-21)12-26-8-10-27(11-9-26)13-19-23-15-5-1-2-6-17(15)29-19/h1-2,5-6H,3-4,7-13H2,(H,24,25,28). The van der Waals surface area contributed by atoms with Gasteiger partial charge in [0.25, 0.3) is 5.56 Å². The van der Waals surface area contributed by atoms with Gasteiger partial charge >= 0.3 is 0 Å². The molecule has 0 saturated carbocycles. The molecule has 3 aromatic heterocycles. The van der Waals surface area contributed by atoms with Crippen LogP contribution in [0.15, 0.2) is 29.1 Å². The fourth-order valence-corrected chi connectivity index (χ4v) is 6.91. The third kappa shape index (κ3) is 3.37. The Morgan fingerprint density at radius 1 is 0.967 bits per heavy atom. The second-order valence-electron chi connectivity index (χ2n) is 8.18. The Hall–Kier alpha value is -2.13. The quantitative estimate of drug-likeness (QED) is 0.530. The summed E-state index contributed by atoms with van der Waals surface area (Å²) in [5.41, 5.74) is 2.39. The van der Waals surface area contributed by atoms with E-state index in [4.69, 9.17) is 9.97 Å². The fraction of sp³-hybridized carbons (Fsp3) is 0.409. The van der Waals surface area contributed by atoms with Crippen LogP contribution in [0, 0.1) is 0 Å². The second kappa shape index (κ2) is 7.53. The van der Waals surface area contributed by atoms with Crippen LogP contribution in [0.5, 0.6) is 0 Å². The number of hydrogen-bond acceptors (Lipinski definition) is 7. The number of aryl methyl sites for hydroxylation is 2. The number of fused-ring (bicyclic) bond motifs is 4. The highest BCUT2D eigenvalue weighted by Crippen LogP contribution is 2.34. The molecule has 1 aliphatic carbocycles. The van der Waals surface area contributed by atoms with E-state index >= 15 is 0 Å². The average molecular weight is 438 g/mol. The van der Waals surface area contributed by atoms with E-state index in [1.54, 1.807) is 22.7 Å². The highest BCUT2D eigenvalue weighted by molar-refractivity contribution is 7.19. The second-order valence-corrected chi connectivity index (χ2v) is 10.4. The lowest BCUT2D eigenvalue weighted by atomic mass is 10.2. The lowest BCUT2D eigenvalue weighted by molar-refractivity contribution is 0.120. The van der Waals surface area contributed by atoms with E-state index in [-0.39, 0.29) is 5.56 Å². The van der Waals surface area contributed by atoms with Crippen molar-refractivity contribution in [1.29, 1.82) is 0 Å². The van der Waals surface area contributed by atoms with Crippen molar-refractivity contribution in [2.75, 3.05) is 26.2 Å². The van der Waals surface area contributed by atoms with Crippen LogP contribution in [0.4, 0.5) is 0 Å². The monoisotopic (exact) mass is 437 g/mol. The number of para-hydroxylation sites is 1. The van der Waals surface area contributed by atoms with E-state index in [0.717, 1.165) is 67.1 Å². The van der Waals surface area contributed by atoms with Crippen molar-refractivity contribution in [2.24, 2.45) is 0 Å². The highest BCUT2D eigenvalue weighted by Gasteiger charge is 2.23. The topological polar surface area (TPSA) is 65.1 Å². The van der Waals surface area contributed by atoms with E-state index in [9.17, 15) is 4.79 Å². The molecule has 4 aromatic rings. The summed E-state index contributed by atoms with van der Waals surface area (Å²) in [7, 11) is 0. The number of thiophene rings is 1. The minimum Gasteiger partial charge on any atom is -0.309 e. The van der Waals surface area contributed by atoms with Gasteiger partial charge in [-0.05, 0) is 37.0 Å². The Balaban J connectivity index is 1.11. The predicted molar refractivity (Wildman–Crippen MR) is 122 cm³/mol. The van der Waals surface area contributed by atoms with E-state index in [1.165, 1.54) is 26.6 Å². The molecule has 6 rings (SSSR count). The molecule has 1 fully saturated rings. The molecule has 0 atom stereocenters. The van der Waals surface area contributed by atoms with Gasteiger partial charge in [-0.2, -0.15) is 0 Å². The predicted octanol–water partition coefficient (Wildman–Crippen LogP) is 3.40. The summed E-state index contributed by atoms with van der Waals surface area (Å²) in [6, 6.07) is 8.34. The number of nitrogens with one attached hydrogen (secondary N) is 1. The number of rotatable bonds is 4. The van der Waals surface area contributed by atoms with Crippen molar-refractivity contribution >= 4 is 43.1 Å². The van der Waals surface area contributed by atoms with Gasteiger partial charge in [0, 0.05) is 31.1 Å². The van der Waals surface area contributed by atoms with E-state index in [2.05, 4.69) is 33.0 Å². The molecule has 0 bridgehead atoms. The van der Waals surface area contributed by atoms with Crippen molar-refractivity contribution in [3.63, 3.8) is 0 Å². The lowest BCUT2D eigenvalue weighted by Crippen LogP contribution is -2.45. The van der Waals surface area contributed by atoms with Crippen LogP contribution in [0.1, 0.15) is 27.7 Å². The van der Waals surface area contributed by atoms with Gasteiger partial charge in [-0.1, -0.05) is 12.1 Å². The Kier molecular flexibility index (Phi) is 4.67. The Labute approximate surface area is 182 Å². The van der Waals surface area contributed by atoms with E-state index in [1.807, 2.05) is 6.07 Å². The zero-order chi connectivity index (χ0) is 20.1. The normalized spacial score (nSPS) is 17.9. The summed E-state index contributed by atoms with van der Waals surface area (Å²) in [5, 5.41) is 2.03. The Bertz CT molecular complexity index is 1250. The number of benzene rings is 1. The molecule has 0 radical (unpaired) electrons. The van der Waals surface area contributed by atoms with Gasteiger partial charge in [0.15, 0.2) is 0 Å². The average Bonchev–Trinajstić information content (AvgIpc) is 3.42. The van der Waals surface area contributed by atoms with E-state index < -0.39 is 0 Å². The molecule has 1 saturated heterocycles. The molecule has 0 spiro atoms. The molecule has 6 nitrogen and oxygen atoms in total. The fourth-order valence-electron chi connectivity index (χ4n) is 4.62. The Morgan fingerprint density at radius 2 is 1.77 bits per heavy atom. The van der Waals surface area contributed by atoms with Crippen LogP contribution in [0.3, 0.4) is 0 Å². The van der Waals surface area contributed by atoms with Gasteiger partial charge < -0.3 is 4.98 Å². The minimum absolute atomic E-state index is 0.0453. The molecule has 2 aliphatic rings. The molecule has 0 amide bonds. The molecule has 30 heavy (non-hydrogen) atoms. The van der Waals surface area contributed by atoms with Crippen molar-refractivity contribution in [1.82, 2.24) is 24.8 Å². The summed E-state index contributed by atoms with van der Waals surface area (Å²) >= 11 is 3.51. The molecular formula is C22H23N5OS2. The zero-order valence-electron chi connectivity index (χ0n) is 16.7. The lowest BCUT2D eigenvalue weighted by Gasteiger charge is -2.33. The van der Waals surface area contributed by atoms with E-state index in [0.29, 0.717) is 6.54 Å². The van der Waals surface area contributed by atoms with Crippen molar-refractivity contribution in [2.45, 2.75) is 32.4 Å². The van der Waals surface area contributed by atoms with Crippen LogP contribution in [-0.4, -0.2) is 50.9 Å². The largest absolute Gasteiger partial charge is 0.309 e. The zero-order valence-corrected chi connectivity index (χ0v) is 18.3. The summed E-state index contributed by atoms with van der Waals surface area (Å²) < 4.78 is 1.26. The maximum absolute atomic E-state index is 12.7. The molecule has 1 aromatic carbocycles. The number of thiazole rings is 1. The third-order valence-electron chi connectivity index (χ3n) is 6.16. The highest BCUT2D eigenvalue weighted by atomic mass is 32.1. The number of H-pyrrole nitrogens is 1.